The van der Waals surface area contributed by atoms with Gasteiger partial charge in [0, 0.05) is 31.9 Å². The third-order valence-corrected chi connectivity index (χ3v) is 4.65. The van der Waals surface area contributed by atoms with E-state index in [2.05, 4.69) is 36.4 Å². The summed E-state index contributed by atoms with van der Waals surface area (Å²) < 4.78 is 18.5. The number of hydrogen-bond acceptors (Lipinski definition) is 7. The maximum absolute atomic E-state index is 13.1. The highest BCUT2D eigenvalue weighted by Gasteiger charge is 2.21. The fourth-order valence-corrected chi connectivity index (χ4v) is 3.21. The first-order valence-corrected chi connectivity index (χ1v) is 9.08. The molecule has 1 N–H and O–H groups in total. The number of anilines is 4. The van der Waals surface area contributed by atoms with E-state index in [-0.39, 0.29) is 5.82 Å². The predicted octanol–water partition coefficient (Wildman–Crippen LogP) is 3.09. The topological polar surface area (TPSA) is 66.4 Å². The molecule has 2 aromatic carbocycles. The van der Waals surface area contributed by atoms with Crippen molar-refractivity contribution in [3.05, 3.63) is 60.5 Å². The average Bonchev–Trinajstić information content (AvgIpc) is 2.76. The van der Waals surface area contributed by atoms with Crippen LogP contribution in [0.1, 0.15) is 0 Å². The highest BCUT2D eigenvalue weighted by molar-refractivity contribution is 5.60. The zero-order chi connectivity index (χ0) is 19.3. The third kappa shape index (κ3) is 3.95. The smallest absolute Gasteiger partial charge is 0.247 e. The Kier molecular flexibility index (Phi) is 5.18. The monoisotopic (exact) mass is 380 g/mol. The van der Waals surface area contributed by atoms with Gasteiger partial charge in [0.25, 0.3) is 0 Å². The van der Waals surface area contributed by atoms with Crippen molar-refractivity contribution in [3.8, 4) is 5.75 Å². The van der Waals surface area contributed by atoms with Gasteiger partial charge in [0.05, 0.1) is 19.0 Å². The van der Waals surface area contributed by atoms with Crippen LogP contribution in [0.15, 0.2) is 54.7 Å². The second-order valence-corrected chi connectivity index (χ2v) is 6.42. The Morgan fingerprint density at radius 1 is 0.964 bits per heavy atom. The standard InChI is InChI=1S/C20H21FN6O/c1-28-18-5-3-2-4-17(18)26-10-12-27(13-11-26)20-24-19(14-22-25-20)23-16-8-6-15(21)7-9-16/h2-9,14H,10-13H2,1H3,(H,23,24,25). The molecule has 0 bridgehead atoms. The van der Waals surface area contributed by atoms with Gasteiger partial charge in [-0.1, -0.05) is 12.1 Å². The molecule has 0 unspecified atom stereocenters. The number of methoxy groups -OCH3 is 1. The second-order valence-electron chi connectivity index (χ2n) is 6.42. The third-order valence-electron chi connectivity index (χ3n) is 4.65. The van der Waals surface area contributed by atoms with E-state index in [0.717, 1.165) is 43.3 Å². The van der Waals surface area contributed by atoms with E-state index < -0.39 is 0 Å². The van der Waals surface area contributed by atoms with E-state index in [0.29, 0.717) is 11.8 Å². The average molecular weight is 380 g/mol. The molecule has 7 nitrogen and oxygen atoms in total. The summed E-state index contributed by atoms with van der Waals surface area (Å²) in [6, 6.07) is 14.1. The van der Waals surface area contributed by atoms with Gasteiger partial charge < -0.3 is 19.9 Å². The van der Waals surface area contributed by atoms with E-state index in [4.69, 9.17) is 4.74 Å². The summed E-state index contributed by atoms with van der Waals surface area (Å²) in [5.41, 5.74) is 1.84. The molecule has 8 heteroatoms. The molecule has 0 radical (unpaired) electrons. The number of rotatable bonds is 5. The van der Waals surface area contributed by atoms with Gasteiger partial charge in [0.2, 0.25) is 5.95 Å². The van der Waals surface area contributed by atoms with Gasteiger partial charge in [-0.15, -0.1) is 5.10 Å². The zero-order valence-electron chi connectivity index (χ0n) is 15.5. The van der Waals surface area contributed by atoms with Crippen molar-refractivity contribution in [2.24, 2.45) is 0 Å². The molecule has 3 aromatic rings. The van der Waals surface area contributed by atoms with E-state index in [1.165, 1.54) is 12.1 Å². The number of aromatic nitrogens is 3. The molecule has 1 aliphatic rings. The molecule has 28 heavy (non-hydrogen) atoms. The van der Waals surface area contributed by atoms with Crippen LogP contribution < -0.4 is 19.9 Å². The first-order valence-electron chi connectivity index (χ1n) is 9.08. The van der Waals surface area contributed by atoms with Crippen LogP contribution in [0.25, 0.3) is 0 Å². The molecule has 0 atom stereocenters. The fourth-order valence-electron chi connectivity index (χ4n) is 3.21. The molecule has 0 amide bonds. The lowest BCUT2D eigenvalue weighted by Crippen LogP contribution is -2.47. The molecule has 4 rings (SSSR count). The van der Waals surface area contributed by atoms with Gasteiger partial charge in [0.15, 0.2) is 5.82 Å². The Labute approximate surface area is 162 Å². The lowest BCUT2D eigenvalue weighted by atomic mass is 10.2. The van der Waals surface area contributed by atoms with Crippen LogP contribution >= 0.6 is 0 Å². The van der Waals surface area contributed by atoms with Crippen LogP contribution in [0.3, 0.4) is 0 Å². The van der Waals surface area contributed by atoms with Crippen LogP contribution in [0.2, 0.25) is 0 Å². The minimum Gasteiger partial charge on any atom is -0.495 e. The van der Waals surface area contributed by atoms with Crippen molar-refractivity contribution in [1.82, 2.24) is 15.2 Å². The number of halogens is 1. The van der Waals surface area contributed by atoms with Gasteiger partial charge >= 0.3 is 0 Å². The molecule has 1 saturated heterocycles. The van der Waals surface area contributed by atoms with Crippen molar-refractivity contribution >= 4 is 23.1 Å². The van der Waals surface area contributed by atoms with Gasteiger partial charge in [-0.2, -0.15) is 10.1 Å². The minimum absolute atomic E-state index is 0.278. The first kappa shape index (κ1) is 18.0. The molecule has 144 valence electrons. The number of hydrogen-bond donors (Lipinski definition) is 1. The largest absolute Gasteiger partial charge is 0.495 e. The lowest BCUT2D eigenvalue weighted by molar-refractivity contribution is 0.413. The predicted molar refractivity (Wildman–Crippen MR) is 107 cm³/mol. The Balaban J connectivity index is 1.42. The number of nitrogens with zero attached hydrogens (tertiary/aromatic N) is 5. The molecule has 1 fully saturated rings. The Morgan fingerprint density at radius 3 is 2.43 bits per heavy atom. The molecular formula is C20H21FN6O. The summed E-state index contributed by atoms with van der Waals surface area (Å²) >= 11 is 0. The van der Waals surface area contributed by atoms with E-state index in [1.807, 2.05) is 18.2 Å². The highest BCUT2D eigenvalue weighted by Crippen LogP contribution is 2.28. The minimum atomic E-state index is -0.278. The summed E-state index contributed by atoms with van der Waals surface area (Å²) in [6.07, 6.45) is 1.55. The number of piperazine rings is 1. The summed E-state index contributed by atoms with van der Waals surface area (Å²) in [7, 11) is 1.69. The van der Waals surface area contributed by atoms with Gasteiger partial charge in [-0.25, -0.2) is 4.39 Å². The van der Waals surface area contributed by atoms with Crippen LogP contribution in [-0.4, -0.2) is 48.5 Å². The lowest BCUT2D eigenvalue weighted by Gasteiger charge is -2.36. The van der Waals surface area contributed by atoms with Gasteiger partial charge in [0.1, 0.15) is 11.6 Å². The fraction of sp³-hybridized carbons (Fsp3) is 0.250. The summed E-state index contributed by atoms with van der Waals surface area (Å²) in [6.45, 7) is 3.22. The second kappa shape index (κ2) is 8.08. The normalized spacial score (nSPS) is 14.1. The first-order chi connectivity index (χ1) is 13.7. The summed E-state index contributed by atoms with van der Waals surface area (Å²) in [5, 5.41) is 11.4. The van der Waals surface area contributed by atoms with Crippen LogP contribution in [0.4, 0.5) is 27.5 Å². The Bertz CT molecular complexity index is 928. The van der Waals surface area contributed by atoms with Crippen molar-refractivity contribution in [2.45, 2.75) is 0 Å². The molecule has 2 heterocycles. The molecular weight excluding hydrogens is 359 g/mol. The van der Waals surface area contributed by atoms with Gasteiger partial charge in [-0.05, 0) is 36.4 Å². The van der Waals surface area contributed by atoms with Crippen molar-refractivity contribution in [3.63, 3.8) is 0 Å². The number of para-hydroxylation sites is 2. The van der Waals surface area contributed by atoms with E-state index in [9.17, 15) is 4.39 Å². The van der Waals surface area contributed by atoms with E-state index in [1.54, 1.807) is 25.4 Å². The maximum atomic E-state index is 13.1. The van der Waals surface area contributed by atoms with Crippen LogP contribution in [0.5, 0.6) is 5.75 Å². The van der Waals surface area contributed by atoms with E-state index >= 15 is 0 Å². The molecule has 0 saturated carbocycles. The molecule has 0 spiro atoms. The van der Waals surface area contributed by atoms with Gasteiger partial charge in [-0.3, -0.25) is 0 Å². The van der Waals surface area contributed by atoms with Crippen molar-refractivity contribution in [2.75, 3.05) is 48.4 Å². The SMILES string of the molecule is COc1ccccc1N1CCN(c2nncc(Nc3ccc(F)cc3)n2)CC1. The Morgan fingerprint density at radius 2 is 1.68 bits per heavy atom. The zero-order valence-corrected chi connectivity index (χ0v) is 15.5. The van der Waals surface area contributed by atoms with Crippen molar-refractivity contribution in [1.29, 1.82) is 0 Å². The summed E-state index contributed by atoms with van der Waals surface area (Å²) in [4.78, 5) is 8.95. The number of ether oxygens (including phenoxy) is 1. The van der Waals surface area contributed by atoms with Crippen LogP contribution in [-0.2, 0) is 0 Å². The van der Waals surface area contributed by atoms with Crippen LogP contribution in [0, 0.1) is 5.82 Å². The molecule has 0 aliphatic carbocycles. The number of benzene rings is 2. The summed E-state index contributed by atoms with van der Waals surface area (Å²) in [5.74, 6) is 1.75. The molecule has 1 aliphatic heterocycles. The maximum Gasteiger partial charge on any atom is 0.247 e. The van der Waals surface area contributed by atoms with Crippen molar-refractivity contribution < 1.29 is 9.13 Å². The number of nitrogens with one attached hydrogen (secondary N) is 1. The molecule has 1 aromatic heterocycles. The highest BCUT2D eigenvalue weighted by atomic mass is 19.1. The Hall–Kier alpha value is -3.42. The quantitative estimate of drug-likeness (QED) is 0.730.